The number of hydrogen-bond acceptors (Lipinski definition) is 7. The fourth-order valence-electron chi connectivity index (χ4n) is 4.77. The monoisotopic (exact) mass is 443 g/mol. The van der Waals surface area contributed by atoms with Crippen LogP contribution < -0.4 is 4.74 Å². The van der Waals surface area contributed by atoms with Crippen LogP contribution in [-0.4, -0.2) is 42.6 Å². The van der Waals surface area contributed by atoms with Gasteiger partial charge in [0.25, 0.3) is 0 Å². The fraction of sp³-hybridized carbons (Fsp3) is 0.600. The lowest BCUT2D eigenvalue weighted by Gasteiger charge is -2.42. The molecule has 0 N–H and O–H groups in total. The first-order chi connectivity index (χ1) is 15.3. The molecule has 7 heteroatoms. The third-order valence-corrected chi connectivity index (χ3v) is 6.44. The van der Waals surface area contributed by atoms with Crippen molar-refractivity contribution in [1.82, 2.24) is 0 Å². The Bertz CT molecular complexity index is 832. The van der Waals surface area contributed by atoms with Gasteiger partial charge in [-0.1, -0.05) is 30.1 Å². The Hall–Kier alpha value is -2.70. The highest BCUT2D eigenvalue weighted by molar-refractivity contribution is 6.18. The van der Waals surface area contributed by atoms with E-state index in [1.54, 1.807) is 21.0 Å². The second-order valence-corrected chi connectivity index (χ2v) is 8.98. The molecule has 1 heterocycles. The highest BCUT2D eigenvalue weighted by Crippen LogP contribution is 2.45. The second kappa shape index (κ2) is 10.7. The van der Waals surface area contributed by atoms with E-state index in [0.29, 0.717) is 12.8 Å². The molecule has 7 nitrogen and oxygen atoms in total. The Labute approximate surface area is 189 Å². The first kappa shape index (κ1) is 24.0. The van der Waals surface area contributed by atoms with Gasteiger partial charge in [0.1, 0.15) is 18.0 Å². The molecule has 174 valence electrons. The molecule has 1 aliphatic carbocycles. The molecule has 2 unspecified atom stereocenters. The lowest BCUT2D eigenvalue weighted by Crippen LogP contribution is -2.53. The summed E-state index contributed by atoms with van der Waals surface area (Å²) in [6.07, 6.45) is 5.30. The third-order valence-electron chi connectivity index (χ3n) is 6.44. The summed E-state index contributed by atoms with van der Waals surface area (Å²) in [5.74, 6) is -1.91. The first-order valence-electron chi connectivity index (χ1n) is 11.4. The van der Waals surface area contributed by atoms with Crippen molar-refractivity contribution in [2.45, 2.75) is 70.8 Å². The van der Waals surface area contributed by atoms with E-state index in [-0.39, 0.29) is 31.1 Å². The molecule has 2 atom stereocenters. The van der Waals surface area contributed by atoms with Gasteiger partial charge < -0.3 is 14.3 Å². The van der Waals surface area contributed by atoms with Crippen LogP contribution in [0.5, 0.6) is 5.75 Å². The van der Waals surface area contributed by atoms with E-state index in [2.05, 4.69) is 5.16 Å². The molecule has 2 fully saturated rings. The lowest BCUT2D eigenvalue weighted by atomic mass is 9.73. The highest BCUT2D eigenvalue weighted by atomic mass is 16.6. The van der Waals surface area contributed by atoms with Gasteiger partial charge in [-0.15, -0.1) is 0 Å². The van der Waals surface area contributed by atoms with Gasteiger partial charge in [-0.2, -0.15) is 0 Å². The minimum Gasteiger partial charge on any atom is -0.497 e. The molecule has 32 heavy (non-hydrogen) atoms. The van der Waals surface area contributed by atoms with Crippen LogP contribution in [0.25, 0.3) is 0 Å². The van der Waals surface area contributed by atoms with Crippen molar-refractivity contribution >= 4 is 23.2 Å². The van der Waals surface area contributed by atoms with Crippen LogP contribution in [0.15, 0.2) is 29.4 Å². The molecule has 1 saturated heterocycles. The van der Waals surface area contributed by atoms with Gasteiger partial charge in [-0.25, -0.2) is 0 Å². The summed E-state index contributed by atoms with van der Waals surface area (Å²) < 4.78 is 11.2. The number of nitrogens with zero attached hydrogens (tertiary/aromatic N) is 1. The van der Waals surface area contributed by atoms with E-state index < -0.39 is 23.3 Å². The quantitative estimate of drug-likeness (QED) is 0.178. The van der Waals surface area contributed by atoms with E-state index in [0.717, 1.165) is 42.7 Å². The molecule has 0 bridgehead atoms. The molecule has 0 radical (unpaired) electrons. The highest BCUT2D eigenvalue weighted by Gasteiger charge is 2.53. The molecule has 0 spiro atoms. The fourth-order valence-corrected chi connectivity index (χ4v) is 4.77. The zero-order chi connectivity index (χ0) is 23.1. The zero-order valence-electron chi connectivity index (χ0n) is 19.2. The van der Waals surface area contributed by atoms with Gasteiger partial charge in [-0.05, 0) is 63.1 Å². The average molecular weight is 444 g/mol. The summed E-state index contributed by atoms with van der Waals surface area (Å²) in [6.45, 7) is 3.59. The number of oxime groups is 1. The van der Waals surface area contributed by atoms with E-state index in [1.165, 1.54) is 0 Å². The van der Waals surface area contributed by atoms with Crippen molar-refractivity contribution in [2.75, 3.05) is 13.7 Å². The number of benzene rings is 1. The smallest absolute Gasteiger partial charge is 0.324 e. The largest absolute Gasteiger partial charge is 0.497 e. The van der Waals surface area contributed by atoms with Crippen LogP contribution in [0, 0.1) is 11.8 Å². The maximum atomic E-state index is 13.0. The first-order valence-corrected chi connectivity index (χ1v) is 11.4. The van der Waals surface area contributed by atoms with Crippen LogP contribution in [0.2, 0.25) is 0 Å². The van der Waals surface area contributed by atoms with Crippen LogP contribution in [-0.2, 0) is 30.4 Å². The van der Waals surface area contributed by atoms with Gasteiger partial charge in [0.2, 0.25) is 0 Å². The lowest BCUT2D eigenvalue weighted by molar-refractivity contribution is -0.186. The number of ether oxygens (including phenoxy) is 2. The standard InChI is InChI=1S/C25H33NO6/c1-17(2)26-31-15-13-21(27)23-22(28)16-25(32-24(23)29,19-6-4-5-7-19)14-12-18-8-10-20(30-3)11-9-18/h8-11,19,23H,4-7,12-16H2,1-3H3. The number of carbonyl (C=O) groups excluding carboxylic acids is 3. The summed E-state index contributed by atoms with van der Waals surface area (Å²) in [5.41, 5.74) is 0.985. The van der Waals surface area contributed by atoms with Crippen LogP contribution in [0.1, 0.15) is 64.4 Å². The van der Waals surface area contributed by atoms with E-state index >= 15 is 0 Å². The minimum absolute atomic E-state index is 0.0340. The Kier molecular flexibility index (Phi) is 8.04. The Morgan fingerprint density at radius 3 is 2.44 bits per heavy atom. The molecular weight excluding hydrogens is 410 g/mol. The van der Waals surface area contributed by atoms with E-state index in [4.69, 9.17) is 14.3 Å². The van der Waals surface area contributed by atoms with Crippen molar-refractivity contribution in [3.8, 4) is 5.75 Å². The van der Waals surface area contributed by atoms with Crippen molar-refractivity contribution in [3.05, 3.63) is 29.8 Å². The maximum Gasteiger partial charge on any atom is 0.324 e. The topological polar surface area (TPSA) is 91.3 Å². The number of hydrogen-bond donors (Lipinski definition) is 0. The van der Waals surface area contributed by atoms with Gasteiger partial charge >= 0.3 is 5.97 Å². The van der Waals surface area contributed by atoms with Gasteiger partial charge in [-0.3, -0.25) is 14.4 Å². The minimum atomic E-state index is -1.35. The predicted molar refractivity (Wildman–Crippen MR) is 120 cm³/mol. The molecule has 1 aromatic carbocycles. The normalized spacial score (nSPS) is 23.5. The van der Waals surface area contributed by atoms with Crippen LogP contribution in [0.3, 0.4) is 0 Å². The van der Waals surface area contributed by atoms with E-state index in [1.807, 2.05) is 24.3 Å². The number of methoxy groups -OCH3 is 1. The number of carbonyl (C=O) groups is 3. The van der Waals surface area contributed by atoms with Gasteiger partial charge in [0.15, 0.2) is 17.5 Å². The maximum absolute atomic E-state index is 13.0. The molecule has 1 saturated carbocycles. The van der Waals surface area contributed by atoms with E-state index in [9.17, 15) is 14.4 Å². The molecule has 2 aliphatic rings. The molecule has 1 aliphatic heterocycles. The summed E-state index contributed by atoms with van der Waals surface area (Å²) >= 11 is 0. The summed E-state index contributed by atoms with van der Waals surface area (Å²) in [6, 6.07) is 7.77. The Balaban J connectivity index is 1.69. The molecular formula is C25H33NO6. The number of aryl methyl sites for hydroxylation is 1. The molecule has 0 aromatic heterocycles. The van der Waals surface area contributed by atoms with Gasteiger partial charge in [0.05, 0.1) is 12.8 Å². The van der Waals surface area contributed by atoms with Crippen molar-refractivity contribution in [2.24, 2.45) is 17.0 Å². The Morgan fingerprint density at radius 2 is 1.84 bits per heavy atom. The van der Waals surface area contributed by atoms with Crippen molar-refractivity contribution in [3.63, 3.8) is 0 Å². The summed E-state index contributed by atoms with van der Waals surface area (Å²) in [5, 5.41) is 3.77. The summed E-state index contributed by atoms with van der Waals surface area (Å²) in [7, 11) is 1.62. The Morgan fingerprint density at radius 1 is 1.16 bits per heavy atom. The number of esters is 1. The van der Waals surface area contributed by atoms with Crippen molar-refractivity contribution in [1.29, 1.82) is 0 Å². The van der Waals surface area contributed by atoms with Gasteiger partial charge in [0, 0.05) is 12.8 Å². The third kappa shape index (κ3) is 5.75. The predicted octanol–water partition coefficient (Wildman–Crippen LogP) is 4.06. The molecule has 1 aromatic rings. The number of Topliss-reactive ketones (excluding diaryl/α,β-unsaturated/α-hetero) is 2. The average Bonchev–Trinajstić information content (AvgIpc) is 3.31. The second-order valence-electron chi connectivity index (χ2n) is 8.98. The van der Waals surface area contributed by atoms with Crippen molar-refractivity contribution < 1.29 is 28.7 Å². The zero-order valence-corrected chi connectivity index (χ0v) is 19.2. The molecule has 3 rings (SSSR count). The SMILES string of the molecule is COc1ccc(CCC2(C3CCCC3)CC(=O)C(C(=O)CCON=C(C)C)C(=O)O2)cc1. The molecule has 0 amide bonds. The number of cyclic esters (lactones) is 1. The summed E-state index contributed by atoms with van der Waals surface area (Å²) in [4.78, 5) is 43.6. The van der Waals surface area contributed by atoms with Crippen LogP contribution >= 0.6 is 0 Å². The number of ketones is 2. The number of rotatable bonds is 10. The van der Waals surface area contributed by atoms with Crippen LogP contribution in [0.4, 0.5) is 0 Å².